The molecule has 0 aliphatic carbocycles. The fraction of sp³-hybridized carbons (Fsp3) is 0.625. The van der Waals surface area contributed by atoms with Gasteiger partial charge < -0.3 is 4.43 Å². The van der Waals surface area contributed by atoms with Crippen LogP contribution in [-0.2, 0) is 6.42 Å². The number of hydrogen-bond acceptors (Lipinski definition) is 1. The first-order chi connectivity index (χ1) is 8.62. The van der Waals surface area contributed by atoms with Gasteiger partial charge in [-0.2, -0.15) is 0 Å². The van der Waals surface area contributed by atoms with Gasteiger partial charge in [-0.1, -0.05) is 32.9 Å². The summed E-state index contributed by atoms with van der Waals surface area (Å²) in [5, 5.41) is 0.475. The molecule has 0 saturated heterocycles. The van der Waals surface area contributed by atoms with Crippen molar-refractivity contribution in [2.24, 2.45) is 0 Å². The highest BCUT2D eigenvalue weighted by molar-refractivity contribution is 6.74. The summed E-state index contributed by atoms with van der Waals surface area (Å²) in [5.41, 5.74) is 1.33. The highest BCUT2D eigenvalue weighted by Gasteiger charge is 2.38. The van der Waals surface area contributed by atoms with Crippen molar-refractivity contribution in [3.05, 3.63) is 29.8 Å². The smallest absolute Gasteiger partial charge is 0.250 e. The van der Waals surface area contributed by atoms with Gasteiger partial charge in [0, 0.05) is 5.38 Å². The summed E-state index contributed by atoms with van der Waals surface area (Å²) in [6.07, 6.45) is 2.05. The molecule has 0 aromatic heterocycles. The van der Waals surface area contributed by atoms with E-state index in [0.29, 0.717) is 0 Å². The summed E-state index contributed by atoms with van der Waals surface area (Å²) in [6, 6.07) is 8.49. The summed E-state index contributed by atoms with van der Waals surface area (Å²) in [4.78, 5) is 0. The fourth-order valence-corrected chi connectivity index (χ4v) is 2.68. The van der Waals surface area contributed by atoms with Gasteiger partial charge in [-0.15, -0.1) is 11.6 Å². The van der Waals surface area contributed by atoms with E-state index in [9.17, 15) is 0 Å². The zero-order valence-corrected chi connectivity index (χ0v) is 14.8. The van der Waals surface area contributed by atoms with Crippen LogP contribution in [0.25, 0.3) is 0 Å². The van der Waals surface area contributed by atoms with Gasteiger partial charge in [-0.3, -0.25) is 0 Å². The average molecular weight is 299 g/mol. The first kappa shape index (κ1) is 16.6. The molecule has 3 heteroatoms. The van der Waals surface area contributed by atoms with E-state index in [1.54, 1.807) is 0 Å². The second-order valence-corrected chi connectivity index (χ2v) is 12.3. The maximum Gasteiger partial charge on any atom is 0.250 e. The Hall–Kier alpha value is -0.473. The molecule has 108 valence electrons. The van der Waals surface area contributed by atoms with Crippen LogP contribution in [0.5, 0.6) is 5.75 Å². The van der Waals surface area contributed by atoms with Crippen molar-refractivity contribution in [2.75, 3.05) is 0 Å². The van der Waals surface area contributed by atoms with Crippen molar-refractivity contribution < 1.29 is 4.43 Å². The van der Waals surface area contributed by atoms with E-state index in [4.69, 9.17) is 16.0 Å². The molecule has 1 aromatic carbocycles. The lowest BCUT2D eigenvalue weighted by Gasteiger charge is -2.36. The van der Waals surface area contributed by atoms with E-state index in [-0.39, 0.29) is 10.4 Å². The predicted molar refractivity (Wildman–Crippen MR) is 87.9 cm³/mol. The normalized spacial score (nSPS) is 14.3. The van der Waals surface area contributed by atoms with Crippen LogP contribution in [0.1, 0.15) is 39.7 Å². The molecule has 1 aromatic rings. The van der Waals surface area contributed by atoms with Crippen LogP contribution >= 0.6 is 11.6 Å². The first-order valence-electron chi connectivity index (χ1n) is 7.04. The number of benzene rings is 1. The van der Waals surface area contributed by atoms with Crippen LogP contribution in [0, 0.1) is 0 Å². The predicted octanol–water partition coefficient (Wildman–Crippen LogP) is 5.63. The van der Waals surface area contributed by atoms with Crippen LogP contribution in [0.4, 0.5) is 0 Å². The maximum atomic E-state index is 6.26. The zero-order valence-electron chi connectivity index (χ0n) is 13.1. The molecule has 1 nitrogen and oxygen atoms in total. The van der Waals surface area contributed by atoms with Gasteiger partial charge >= 0.3 is 0 Å². The van der Waals surface area contributed by atoms with Crippen LogP contribution in [0.2, 0.25) is 18.1 Å². The van der Waals surface area contributed by atoms with Crippen LogP contribution in [0.15, 0.2) is 24.3 Å². The van der Waals surface area contributed by atoms with Gasteiger partial charge in [-0.25, -0.2) is 0 Å². The van der Waals surface area contributed by atoms with E-state index < -0.39 is 8.32 Å². The molecule has 19 heavy (non-hydrogen) atoms. The molecular weight excluding hydrogens is 272 g/mol. The monoisotopic (exact) mass is 298 g/mol. The minimum absolute atomic E-state index is 0.236. The Labute approximate surface area is 124 Å². The highest BCUT2D eigenvalue weighted by Crippen LogP contribution is 2.37. The summed E-state index contributed by atoms with van der Waals surface area (Å²) < 4.78 is 6.26. The molecule has 0 radical (unpaired) electrons. The minimum Gasteiger partial charge on any atom is -0.544 e. The topological polar surface area (TPSA) is 9.23 Å². The molecule has 0 fully saturated rings. The molecule has 1 atom stereocenters. The molecule has 1 rings (SSSR count). The second kappa shape index (κ2) is 6.32. The third-order valence-electron chi connectivity index (χ3n) is 3.93. The Morgan fingerprint density at radius 3 is 2.11 bits per heavy atom. The number of rotatable bonds is 5. The summed E-state index contributed by atoms with van der Waals surface area (Å²) in [7, 11) is -1.72. The number of hydrogen-bond donors (Lipinski definition) is 0. The van der Waals surface area contributed by atoms with E-state index in [2.05, 4.69) is 58.1 Å². The molecule has 0 aliphatic rings. The number of halogens is 1. The Morgan fingerprint density at radius 2 is 1.68 bits per heavy atom. The SMILES string of the molecule is CC(Cl)CCc1ccc(O[Si](C)(C)C(C)(C)C)cc1. The van der Waals surface area contributed by atoms with Crippen molar-refractivity contribution >= 4 is 19.9 Å². The van der Waals surface area contributed by atoms with Crippen LogP contribution in [-0.4, -0.2) is 13.7 Å². The Bertz CT molecular complexity index is 390. The third-order valence-corrected chi connectivity index (χ3v) is 8.51. The second-order valence-electron chi connectivity index (χ2n) is 6.83. The Kier molecular flexibility index (Phi) is 5.51. The Balaban J connectivity index is 2.67. The minimum atomic E-state index is -1.72. The van der Waals surface area contributed by atoms with Gasteiger partial charge in [0.15, 0.2) is 0 Å². The quantitative estimate of drug-likeness (QED) is 0.505. The summed E-state index contributed by atoms with van der Waals surface area (Å²) in [6.45, 7) is 13.4. The lowest BCUT2D eigenvalue weighted by atomic mass is 10.1. The molecule has 0 N–H and O–H groups in total. The van der Waals surface area contributed by atoms with E-state index in [0.717, 1.165) is 18.6 Å². The molecule has 0 saturated carbocycles. The third kappa shape index (κ3) is 5.19. The van der Waals surface area contributed by atoms with E-state index in [1.165, 1.54) is 5.56 Å². The number of alkyl halides is 1. The molecule has 0 heterocycles. The Morgan fingerprint density at radius 1 is 1.16 bits per heavy atom. The van der Waals surface area contributed by atoms with Crippen molar-refractivity contribution in [3.8, 4) is 5.75 Å². The molecule has 0 spiro atoms. The van der Waals surface area contributed by atoms with Crippen molar-refractivity contribution in [1.82, 2.24) is 0 Å². The largest absolute Gasteiger partial charge is 0.544 e. The van der Waals surface area contributed by atoms with Gasteiger partial charge in [0.25, 0.3) is 0 Å². The lowest BCUT2D eigenvalue weighted by molar-refractivity contribution is 0.492. The van der Waals surface area contributed by atoms with E-state index >= 15 is 0 Å². The van der Waals surface area contributed by atoms with Gasteiger partial charge in [0.1, 0.15) is 5.75 Å². The van der Waals surface area contributed by atoms with Gasteiger partial charge in [0.2, 0.25) is 8.32 Å². The highest BCUT2D eigenvalue weighted by atomic mass is 35.5. The zero-order chi connectivity index (χ0) is 14.7. The number of aryl methyl sites for hydroxylation is 1. The molecule has 1 unspecified atom stereocenters. The molecule has 0 aliphatic heterocycles. The fourth-order valence-electron chi connectivity index (χ4n) is 1.54. The summed E-state index contributed by atoms with van der Waals surface area (Å²) >= 11 is 5.98. The molecule has 0 amide bonds. The maximum absolute atomic E-state index is 6.26. The van der Waals surface area contributed by atoms with Gasteiger partial charge in [0.05, 0.1) is 0 Å². The standard InChI is InChI=1S/C16H27ClOSi/c1-13(17)7-8-14-9-11-15(12-10-14)18-19(5,6)16(2,3)4/h9-13H,7-8H2,1-6H3. The lowest BCUT2D eigenvalue weighted by Crippen LogP contribution is -2.43. The van der Waals surface area contributed by atoms with Crippen LogP contribution < -0.4 is 4.43 Å². The molecule has 0 bridgehead atoms. The van der Waals surface area contributed by atoms with Crippen molar-refractivity contribution in [3.63, 3.8) is 0 Å². The van der Waals surface area contributed by atoms with E-state index in [1.807, 2.05) is 6.92 Å². The van der Waals surface area contributed by atoms with Crippen LogP contribution in [0.3, 0.4) is 0 Å². The van der Waals surface area contributed by atoms with Gasteiger partial charge in [-0.05, 0) is 55.6 Å². The van der Waals surface area contributed by atoms with Crippen molar-refractivity contribution in [1.29, 1.82) is 0 Å². The van der Waals surface area contributed by atoms with Crippen molar-refractivity contribution in [2.45, 2.75) is 64.0 Å². The first-order valence-corrected chi connectivity index (χ1v) is 10.4. The summed E-state index contributed by atoms with van der Waals surface area (Å²) in [5.74, 6) is 0.995. The molecular formula is C16H27ClOSi. The average Bonchev–Trinajstić information content (AvgIpc) is 2.26.